The first kappa shape index (κ1) is 16.0. The summed E-state index contributed by atoms with van der Waals surface area (Å²) in [5.41, 5.74) is 6.36. The van der Waals surface area contributed by atoms with E-state index in [4.69, 9.17) is 0 Å². The van der Waals surface area contributed by atoms with Crippen molar-refractivity contribution in [1.82, 2.24) is 19.4 Å². The first-order valence-corrected chi connectivity index (χ1v) is 8.98. The number of rotatable bonds is 5. The van der Waals surface area contributed by atoms with Crippen LogP contribution in [0.3, 0.4) is 0 Å². The highest BCUT2D eigenvalue weighted by molar-refractivity contribution is 5.19. The Morgan fingerprint density at radius 3 is 2.72 bits per heavy atom. The highest BCUT2D eigenvalue weighted by Gasteiger charge is 2.21. The van der Waals surface area contributed by atoms with E-state index >= 15 is 0 Å². The van der Waals surface area contributed by atoms with Crippen LogP contribution in [0.4, 0.5) is 0 Å². The van der Waals surface area contributed by atoms with Crippen molar-refractivity contribution in [3.8, 4) is 0 Å². The van der Waals surface area contributed by atoms with Gasteiger partial charge in [-0.25, -0.2) is 4.98 Å². The molecule has 0 bridgehead atoms. The summed E-state index contributed by atoms with van der Waals surface area (Å²) in [7, 11) is 0. The van der Waals surface area contributed by atoms with Crippen LogP contribution in [-0.4, -0.2) is 26.0 Å². The lowest BCUT2D eigenvalue weighted by Gasteiger charge is -2.26. The molecule has 2 aromatic heterocycles. The minimum absolute atomic E-state index is 0.899. The van der Waals surface area contributed by atoms with Crippen molar-refractivity contribution in [2.45, 2.75) is 39.4 Å². The van der Waals surface area contributed by atoms with Gasteiger partial charge in [0.05, 0.1) is 17.7 Å². The van der Waals surface area contributed by atoms with Gasteiger partial charge in [0.25, 0.3) is 0 Å². The molecular formula is C21H24N4. The number of fused-ring (bicyclic) bond motifs is 1. The van der Waals surface area contributed by atoms with Crippen LogP contribution in [0.5, 0.6) is 0 Å². The number of hydrogen-bond acceptors (Lipinski definition) is 3. The Bertz CT molecular complexity index is 821. The van der Waals surface area contributed by atoms with Gasteiger partial charge >= 0.3 is 0 Å². The molecule has 3 aromatic rings. The van der Waals surface area contributed by atoms with E-state index < -0.39 is 0 Å². The quantitative estimate of drug-likeness (QED) is 0.718. The normalized spacial score (nSPS) is 14.4. The lowest BCUT2D eigenvalue weighted by atomic mass is 10.1. The van der Waals surface area contributed by atoms with Crippen molar-refractivity contribution in [1.29, 1.82) is 0 Å². The van der Waals surface area contributed by atoms with Crippen molar-refractivity contribution < 1.29 is 0 Å². The molecule has 0 saturated carbocycles. The average Bonchev–Trinajstić information content (AvgIpc) is 3.05. The van der Waals surface area contributed by atoms with Gasteiger partial charge in [0.15, 0.2) is 0 Å². The van der Waals surface area contributed by atoms with Gasteiger partial charge in [-0.05, 0) is 30.5 Å². The molecule has 0 aliphatic carbocycles. The Morgan fingerprint density at radius 1 is 1.04 bits per heavy atom. The van der Waals surface area contributed by atoms with Gasteiger partial charge in [0, 0.05) is 44.5 Å². The summed E-state index contributed by atoms with van der Waals surface area (Å²) in [6.45, 7) is 5.97. The van der Waals surface area contributed by atoms with E-state index in [1.54, 1.807) is 0 Å². The van der Waals surface area contributed by atoms with Crippen molar-refractivity contribution in [3.63, 3.8) is 0 Å². The number of pyridine rings is 1. The van der Waals surface area contributed by atoms with E-state index in [9.17, 15) is 0 Å². The van der Waals surface area contributed by atoms with Gasteiger partial charge in [-0.2, -0.15) is 0 Å². The third-order valence-electron chi connectivity index (χ3n) is 4.91. The maximum Gasteiger partial charge on any atom is 0.0952 e. The number of imidazole rings is 1. The first-order valence-electron chi connectivity index (χ1n) is 8.98. The van der Waals surface area contributed by atoms with E-state index in [2.05, 4.69) is 68.8 Å². The second kappa shape index (κ2) is 7.19. The van der Waals surface area contributed by atoms with Crippen LogP contribution in [0.2, 0.25) is 0 Å². The Hall–Kier alpha value is -2.46. The minimum Gasteiger partial charge on any atom is -0.334 e. The van der Waals surface area contributed by atoms with Crippen molar-refractivity contribution >= 4 is 0 Å². The largest absolute Gasteiger partial charge is 0.334 e. The predicted molar refractivity (Wildman–Crippen MR) is 99.2 cm³/mol. The maximum absolute atomic E-state index is 4.68. The number of hydrogen-bond donors (Lipinski definition) is 0. The summed E-state index contributed by atoms with van der Waals surface area (Å²) in [4.78, 5) is 11.6. The van der Waals surface area contributed by atoms with E-state index in [1.807, 2.05) is 12.5 Å². The van der Waals surface area contributed by atoms with Crippen LogP contribution in [-0.2, 0) is 32.5 Å². The van der Waals surface area contributed by atoms with Crippen molar-refractivity contribution in [3.05, 3.63) is 83.2 Å². The molecule has 0 fully saturated rings. The summed E-state index contributed by atoms with van der Waals surface area (Å²) in [6.07, 6.45) is 6.08. The monoisotopic (exact) mass is 332 g/mol. The van der Waals surface area contributed by atoms with E-state index in [-0.39, 0.29) is 0 Å². The number of nitrogens with zero attached hydrogens (tertiary/aromatic N) is 4. The van der Waals surface area contributed by atoms with Gasteiger partial charge in [-0.1, -0.05) is 36.4 Å². The topological polar surface area (TPSA) is 34.0 Å². The molecule has 0 spiro atoms. The minimum atomic E-state index is 0.899. The summed E-state index contributed by atoms with van der Waals surface area (Å²) in [5, 5.41) is 0. The molecule has 0 saturated heterocycles. The summed E-state index contributed by atoms with van der Waals surface area (Å²) < 4.78 is 2.34. The zero-order valence-electron chi connectivity index (χ0n) is 14.7. The van der Waals surface area contributed by atoms with Gasteiger partial charge in [0.2, 0.25) is 0 Å². The Balaban J connectivity index is 1.39. The van der Waals surface area contributed by atoms with Crippen molar-refractivity contribution in [2.24, 2.45) is 0 Å². The van der Waals surface area contributed by atoms with Crippen LogP contribution < -0.4 is 0 Å². The second-order valence-electron chi connectivity index (χ2n) is 6.85. The lowest BCUT2D eigenvalue weighted by molar-refractivity contribution is 0.236. The zero-order chi connectivity index (χ0) is 17.1. The summed E-state index contributed by atoms with van der Waals surface area (Å²) >= 11 is 0. The summed E-state index contributed by atoms with van der Waals surface area (Å²) in [6, 6.07) is 14.9. The van der Waals surface area contributed by atoms with Crippen molar-refractivity contribution in [2.75, 3.05) is 6.54 Å². The Morgan fingerprint density at radius 2 is 1.92 bits per heavy atom. The molecule has 1 aromatic carbocycles. The number of benzene rings is 1. The number of aromatic nitrogens is 3. The van der Waals surface area contributed by atoms with Crippen LogP contribution in [0.1, 0.15) is 28.2 Å². The van der Waals surface area contributed by atoms with Gasteiger partial charge in [-0.3, -0.25) is 9.88 Å². The third kappa shape index (κ3) is 3.80. The number of aryl methyl sites for hydroxylation is 3. The fourth-order valence-electron chi connectivity index (χ4n) is 3.47. The van der Waals surface area contributed by atoms with Gasteiger partial charge in [0.1, 0.15) is 0 Å². The van der Waals surface area contributed by atoms with Gasteiger partial charge < -0.3 is 4.57 Å². The molecule has 0 N–H and O–H groups in total. The molecule has 4 rings (SSSR count). The Labute approximate surface area is 149 Å². The molecule has 4 nitrogen and oxygen atoms in total. The summed E-state index contributed by atoms with van der Waals surface area (Å²) in [5.74, 6) is 0. The molecule has 128 valence electrons. The zero-order valence-corrected chi connectivity index (χ0v) is 14.7. The first-order chi connectivity index (χ1) is 12.3. The highest BCUT2D eigenvalue weighted by Crippen LogP contribution is 2.20. The molecule has 1 aliphatic heterocycles. The van der Waals surface area contributed by atoms with E-state index in [1.165, 1.54) is 22.5 Å². The molecule has 0 unspecified atom stereocenters. The standard InChI is InChI=1S/C21H24N4/c1-17-7-8-19(22-13-17)14-24-11-10-21-20(15-24)23-16-25(21)12-9-18-5-3-2-4-6-18/h2-8,13,16H,9-12,14-15H2,1H3. The fraction of sp³-hybridized carbons (Fsp3) is 0.333. The predicted octanol–water partition coefficient (Wildman–Crippen LogP) is 3.39. The molecular weight excluding hydrogens is 308 g/mol. The molecule has 1 aliphatic rings. The molecule has 4 heteroatoms. The van der Waals surface area contributed by atoms with Crippen LogP contribution in [0.15, 0.2) is 55.0 Å². The van der Waals surface area contributed by atoms with Gasteiger partial charge in [-0.15, -0.1) is 0 Å². The SMILES string of the molecule is Cc1ccc(CN2CCc3c(ncn3CCc3ccccc3)C2)nc1. The molecule has 0 atom stereocenters. The van der Waals surface area contributed by atoms with E-state index in [0.717, 1.165) is 44.7 Å². The van der Waals surface area contributed by atoms with Crippen LogP contribution >= 0.6 is 0 Å². The lowest BCUT2D eigenvalue weighted by Crippen LogP contribution is -2.31. The van der Waals surface area contributed by atoms with E-state index in [0.29, 0.717) is 0 Å². The molecule has 3 heterocycles. The smallest absolute Gasteiger partial charge is 0.0952 e. The molecule has 0 radical (unpaired) electrons. The average molecular weight is 332 g/mol. The van der Waals surface area contributed by atoms with Crippen LogP contribution in [0.25, 0.3) is 0 Å². The maximum atomic E-state index is 4.68. The Kier molecular flexibility index (Phi) is 4.61. The second-order valence-corrected chi connectivity index (χ2v) is 6.85. The molecule has 0 amide bonds. The molecule has 25 heavy (non-hydrogen) atoms. The fourth-order valence-corrected chi connectivity index (χ4v) is 3.47. The van der Waals surface area contributed by atoms with Crippen LogP contribution in [0, 0.1) is 6.92 Å². The highest BCUT2D eigenvalue weighted by atomic mass is 15.2. The third-order valence-corrected chi connectivity index (χ3v) is 4.91.